The molecule has 0 saturated carbocycles. The van der Waals surface area contributed by atoms with Crippen LogP contribution in [0.25, 0.3) is 0 Å². The number of rotatable bonds is 10. The number of hydrogen-bond donors (Lipinski definition) is 1. The normalized spacial score (nSPS) is 18.1. The fourth-order valence-corrected chi connectivity index (χ4v) is 3.88. The average Bonchev–Trinajstić information content (AvgIpc) is 2.62. The molecule has 2 rings (SSSR count). The summed E-state index contributed by atoms with van der Waals surface area (Å²) in [5.74, 6) is 1.46. The van der Waals surface area contributed by atoms with Gasteiger partial charge >= 0.3 is 0 Å². The first-order chi connectivity index (χ1) is 12.2. The van der Waals surface area contributed by atoms with Gasteiger partial charge in [0, 0.05) is 17.5 Å². The van der Waals surface area contributed by atoms with Crippen molar-refractivity contribution in [3.05, 3.63) is 24.3 Å². The standard InChI is InChI=1S/C20H32N2O2S/c1-3-24-18-9-11-19(12-10-18)25-16-20(23)21-13-5-7-15-22-14-6-4-8-17(22)2/h9-12,17H,3-8,13-16H2,1-2H3,(H,21,23). The van der Waals surface area contributed by atoms with Crippen LogP contribution in [-0.2, 0) is 4.79 Å². The Labute approximate surface area is 156 Å². The van der Waals surface area contributed by atoms with Crippen molar-refractivity contribution in [3.63, 3.8) is 0 Å². The van der Waals surface area contributed by atoms with Crippen molar-refractivity contribution in [1.82, 2.24) is 10.2 Å². The first kappa shape index (κ1) is 20.1. The second kappa shape index (κ2) is 11.4. The van der Waals surface area contributed by atoms with Gasteiger partial charge in [0.25, 0.3) is 0 Å². The molecule has 0 aliphatic carbocycles. The summed E-state index contributed by atoms with van der Waals surface area (Å²) in [5.41, 5.74) is 0. The summed E-state index contributed by atoms with van der Waals surface area (Å²) in [7, 11) is 0. The van der Waals surface area contributed by atoms with Crippen LogP contribution in [0.5, 0.6) is 5.75 Å². The lowest BCUT2D eigenvalue weighted by atomic mass is 10.0. The first-order valence-corrected chi connectivity index (χ1v) is 10.5. The Kier molecular flexibility index (Phi) is 9.19. The van der Waals surface area contributed by atoms with E-state index in [4.69, 9.17) is 4.74 Å². The molecule has 1 saturated heterocycles. The lowest BCUT2D eigenvalue weighted by Gasteiger charge is -2.33. The van der Waals surface area contributed by atoms with Gasteiger partial charge in [0.2, 0.25) is 5.91 Å². The molecule has 25 heavy (non-hydrogen) atoms. The monoisotopic (exact) mass is 364 g/mol. The maximum atomic E-state index is 11.9. The Morgan fingerprint density at radius 1 is 1.28 bits per heavy atom. The smallest absolute Gasteiger partial charge is 0.230 e. The van der Waals surface area contributed by atoms with Crippen molar-refractivity contribution in [2.24, 2.45) is 0 Å². The van der Waals surface area contributed by atoms with Crippen LogP contribution in [0.4, 0.5) is 0 Å². The zero-order valence-electron chi connectivity index (χ0n) is 15.6. The number of likely N-dealkylation sites (tertiary alicyclic amines) is 1. The fourth-order valence-electron chi connectivity index (χ4n) is 3.16. The molecule has 1 atom stereocenters. The summed E-state index contributed by atoms with van der Waals surface area (Å²) in [6, 6.07) is 8.64. The van der Waals surface area contributed by atoms with Gasteiger partial charge < -0.3 is 15.0 Å². The van der Waals surface area contributed by atoms with Crippen LogP contribution >= 0.6 is 11.8 Å². The van der Waals surface area contributed by atoms with Gasteiger partial charge in [0.1, 0.15) is 5.75 Å². The Morgan fingerprint density at radius 3 is 2.80 bits per heavy atom. The molecule has 0 bridgehead atoms. The SMILES string of the molecule is CCOc1ccc(SCC(=O)NCCCCN2CCCCC2C)cc1. The van der Waals surface area contributed by atoms with E-state index in [1.165, 1.54) is 25.8 Å². The highest BCUT2D eigenvalue weighted by Crippen LogP contribution is 2.21. The molecule has 1 N–H and O–H groups in total. The van der Waals surface area contributed by atoms with Crippen molar-refractivity contribution in [1.29, 1.82) is 0 Å². The van der Waals surface area contributed by atoms with Gasteiger partial charge in [-0.3, -0.25) is 4.79 Å². The third-order valence-electron chi connectivity index (χ3n) is 4.64. The van der Waals surface area contributed by atoms with E-state index in [9.17, 15) is 4.79 Å². The highest BCUT2D eigenvalue weighted by Gasteiger charge is 2.16. The van der Waals surface area contributed by atoms with Crippen LogP contribution in [-0.4, -0.2) is 48.8 Å². The van der Waals surface area contributed by atoms with Crippen molar-refractivity contribution >= 4 is 17.7 Å². The number of unbranched alkanes of at least 4 members (excludes halogenated alkanes) is 1. The zero-order valence-corrected chi connectivity index (χ0v) is 16.4. The number of hydrogen-bond acceptors (Lipinski definition) is 4. The fraction of sp³-hybridized carbons (Fsp3) is 0.650. The Bertz CT molecular complexity index is 507. The Hall–Kier alpha value is -1.20. The van der Waals surface area contributed by atoms with Gasteiger partial charge in [-0.05, 0) is 76.9 Å². The second-order valence-corrected chi connectivity index (χ2v) is 7.68. The van der Waals surface area contributed by atoms with Crippen LogP contribution in [0.15, 0.2) is 29.2 Å². The topological polar surface area (TPSA) is 41.6 Å². The first-order valence-electron chi connectivity index (χ1n) is 9.55. The predicted octanol–water partition coefficient (Wildman–Crippen LogP) is 3.95. The number of carbonyl (C=O) groups excluding carboxylic acids is 1. The molecule has 0 spiro atoms. The molecule has 140 valence electrons. The van der Waals surface area contributed by atoms with Crippen LogP contribution in [0, 0.1) is 0 Å². The highest BCUT2D eigenvalue weighted by molar-refractivity contribution is 8.00. The summed E-state index contributed by atoms with van der Waals surface area (Å²) in [4.78, 5) is 15.6. The molecule has 1 amide bonds. The second-order valence-electron chi connectivity index (χ2n) is 6.63. The summed E-state index contributed by atoms with van der Waals surface area (Å²) in [6.07, 6.45) is 6.27. The number of thioether (sulfide) groups is 1. The summed E-state index contributed by atoms with van der Waals surface area (Å²) in [6.45, 7) is 8.17. The van der Waals surface area contributed by atoms with E-state index >= 15 is 0 Å². The van der Waals surface area contributed by atoms with Gasteiger partial charge in [-0.1, -0.05) is 6.42 Å². The number of ether oxygens (including phenoxy) is 1. The maximum absolute atomic E-state index is 11.9. The minimum atomic E-state index is 0.116. The molecule has 1 aliphatic rings. The number of piperidine rings is 1. The molecular formula is C20H32N2O2S. The van der Waals surface area contributed by atoms with Crippen molar-refractivity contribution in [3.8, 4) is 5.75 Å². The molecule has 1 aromatic rings. The summed E-state index contributed by atoms with van der Waals surface area (Å²) < 4.78 is 5.42. The molecular weight excluding hydrogens is 332 g/mol. The van der Waals surface area contributed by atoms with Crippen LogP contribution in [0.2, 0.25) is 0 Å². The van der Waals surface area contributed by atoms with Gasteiger partial charge in [0.05, 0.1) is 12.4 Å². The van der Waals surface area contributed by atoms with Crippen LogP contribution < -0.4 is 10.1 Å². The molecule has 1 unspecified atom stereocenters. The van der Waals surface area contributed by atoms with Gasteiger partial charge in [-0.25, -0.2) is 0 Å². The molecule has 0 radical (unpaired) electrons. The Balaban J connectivity index is 1.53. The quantitative estimate of drug-likeness (QED) is 0.504. The van der Waals surface area contributed by atoms with Crippen molar-refractivity contribution in [2.75, 3.05) is 32.0 Å². The number of carbonyl (C=O) groups is 1. The molecule has 0 aromatic heterocycles. The van der Waals surface area contributed by atoms with Gasteiger partial charge in [0.15, 0.2) is 0 Å². The molecule has 4 nitrogen and oxygen atoms in total. The number of benzene rings is 1. The molecule has 1 aromatic carbocycles. The zero-order chi connectivity index (χ0) is 17.9. The summed E-state index contributed by atoms with van der Waals surface area (Å²) >= 11 is 1.57. The Morgan fingerprint density at radius 2 is 2.08 bits per heavy atom. The van der Waals surface area contributed by atoms with E-state index in [1.54, 1.807) is 11.8 Å². The van der Waals surface area contributed by atoms with E-state index in [-0.39, 0.29) is 5.91 Å². The van der Waals surface area contributed by atoms with Crippen LogP contribution in [0.3, 0.4) is 0 Å². The maximum Gasteiger partial charge on any atom is 0.230 e. The summed E-state index contributed by atoms with van der Waals surface area (Å²) in [5, 5.41) is 3.03. The molecule has 1 aliphatic heterocycles. The largest absolute Gasteiger partial charge is 0.494 e. The molecule has 1 heterocycles. The van der Waals surface area contributed by atoms with Crippen molar-refractivity contribution in [2.45, 2.75) is 56.9 Å². The van der Waals surface area contributed by atoms with E-state index in [2.05, 4.69) is 17.1 Å². The van der Waals surface area contributed by atoms with Gasteiger partial charge in [-0.2, -0.15) is 0 Å². The highest BCUT2D eigenvalue weighted by atomic mass is 32.2. The molecule has 1 fully saturated rings. The third kappa shape index (κ3) is 7.70. The van der Waals surface area contributed by atoms with Crippen molar-refractivity contribution < 1.29 is 9.53 Å². The van der Waals surface area contributed by atoms with Crippen LogP contribution in [0.1, 0.15) is 46.0 Å². The van der Waals surface area contributed by atoms with Gasteiger partial charge in [-0.15, -0.1) is 11.8 Å². The van der Waals surface area contributed by atoms with E-state index in [0.717, 1.165) is 42.6 Å². The van der Waals surface area contributed by atoms with E-state index in [0.29, 0.717) is 12.4 Å². The molecule has 5 heteroatoms. The number of amides is 1. The number of nitrogens with one attached hydrogen (secondary N) is 1. The lowest BCUT2D eigenvalue weighted by molar-refractivity contribution is -0.118. The van der Waals surface area contributed by atoms with E-state index < -0.39 is 0 Å². The number of nitrogens with zero attached hydrogens (tertiary/aromatic N) is 1. The van der Waals surface area contributed by atoms with E-state index in [1.807, 2.05) is 31.2 Å². The average molecular weight is 365 g/mol. The minimum Gasteiger partial charge on any atom is -0.494 e. The predicted molar refractivity (Wildman–Crippen MR) is 105 cm³/mol. The minimum absolute atomic E-state index is 0.116. The third-order valence-corrected chi connectivity index (χ3v) is 5.65. The lowest BCUT2D eigenvalue weighted by Crippen LogP contribution is -2.38.